The summed E-state index contributed by atoms with van der Waals surface area (Å²) in [5, 5.41) is 5.34. The second kappa shape index (κ2) is 12.0. The van der Waals surface area contributed by atoms with E-state index in [1.165, 1.54) is 0 Å². The first-order chi connectivity index (χ1) is 19.7. The van der Waals surface area contributed by atoms with Crippen molar-refractivity contribution in [3.05, 3.63) is 160 Å². The number of pyridine rings is 1. The van der Waals surface area contributed by atoms with E-state index in [0.717, 1.165) is 37.3 Å². The molecule has 6 rings (SSSR count). The van der Waals surface area contributed by atoms with Gasteiger partial charge in [0.1, 0.15) is 0 Å². The predicted molar refractivity (Wildman–Crippen MR) is 171 cm³/mol. The SMILES string of the molecule is O=C(c1cnn(-c2cccc(Cl)c2)c1-c1ccc(-c2ccccc2)cc1)I(Cc1ccccc1)c1ccccn1. The third kappa shape index (κ3) is 5.62. The number of aromatic nitrogens is 3. The van der Waals surface area contributed by atoms with Gasteiger partial charge in [-0.05, 0) is 0 Å². The van der Waals surface area contributed by atoms with Gasteiger partial charge in [-0.25, -0.2) is 0 Å². The van der Waals surface area contributed by atoms with Crippen molar-refractivity contribution >= 4 is 35.2 Å². The van der Waals surface area contributed by atoms with Gasteiger partial charge >= 0.3 is 247 Å². The summed E-state index contributed by atoms with van der Waals surface area (Å²) in [7, 11) is 0. The number of rotatable bonds is 8. The van der Waals surface area contributed by atoms with Crippen LogP contribution in [0, 0.1) is 3.70 Å². The molecule has 0 fully saturated rings. The zero-order valence-electron chi connectivity index (χ0n) is 21.5. The molecular formula is C34H25ClIN3O. The quantitative estimate of drug-likeness (QED) is 0.0713. The number of nitrogens with zero attached hydrogens (tertiary/aromatic N) is 3. The fraction of sp³-hybridized carbons (Fsp3) is 0.0294. The van der Waals surface area contributed by atoms with Crippen molar-refractivity contribution in [1.29, 1.82) is 0 Å². The van der Waals surface area contributed by atoms with Crippen molar-refractivity contribution < 1.29 is 4.79 Å². The Bertz CT molecular complexity index is 1740. The van der Waals surface area contributed by atoms with Crippen LogP contribution in [0.15, 0.2) is 140 Å². The van der Waals surface area contributed by atoms with Crippen LogP contribution in [-0.2, 0) is 4.43 Å². The molecule has 40 heavy (non-hydrogen) atoms. The van der Waals surface area contributed by atoms with E-state index in [0.29, 0.717) is 15.0 Å². The molecule has 6 heteroatoms. The van der Waals surface area contributed by atoms with Crippen LogP contribution in [0.3, 0.4) is 0 Å². The number of hydrogen-bond acceptors (Lipinski definition) is 3. The van der Waals surface area contributed by atoms with E-state index in [9.17, 15) is 4.79 Å². The van der Waals surface area contributed by atoms with Crippen LogP contribution in [0.4, 0.5) is 0 Å². The summed E-state index contributed by atoms with van der Waals surface area (Å²) in [4.78, 5) is 19.1. The van der Waals surface area contributed by atoms with Crippen LogP contribution in [-0.4, -0.2) is 18.6 Å². The first-order valence-electron chi connectivity index (χ1n) is 12.8. The minimum absolute atomic E-state index is 0.127. The molecule has 0 saturated carbocycles. The molecule has 0 aliphatic heterocycles. The molecule has 0 saturated heterocycles. The van der Waals surface area contributed by atoms with Crippen molar-refractivity contribution in [2.75, 3.05) is 0 Å². The predicted octanol–water partition coefficient (Wildman–Crippen LogP) is 8.97. The van der Waals surface area contributed by atoms with Gasteiger partial charge in [0.25, 0.3) is 0 Å². The van der Waals surface area contributed by atoms with Crippen LogP contribution < -0.4 is 0 Å². The van der Waals surface area contributed by atoms with Crippen LogP contribution in [0.1, 0.15) is 15.9 Å². The average molecular weight is 654 g/mol. The van der Waals surface area contributed by atoms with Gasteiger partial charge in [0, 0.05) is 0 Å². The Hall–Kier alpha value is -4.07. The summed E-state index contributed by atoms with van der Waals surface area (Å²) < 4.78 is 3.53. The normalized spacial score (nSPS) is 11.3. The summed E-state index contributed by atoms with van der Waals surface area (Å²) in [5.41, 5.74) is 6.48. The number of halogens is 2. The molecule has 0 amide bonds. The van der Waals surface area contributed by atoms with Crippen LogP contribution in [0.25, 0.3) is 28.1 Å². The van der Waals surface area contributed by atoms with Crippen LogP contribution in [0.2, 0.25) is 5.02 Å². The van der Waals surface area contributed by atoms with Crippen molar-refractivity contribution in [2.45, 2.75) is 4.43 Å². The number of carbonyl (C=O) groups is 1. The Morgan fingerprint density at radius 1 is 0.725 bits per heavy atom. The second-order valence-corrected chi connectivity index (χ2v) is 14.5. The van der Waals surface area contributed by atoms with Gasteiger partial charge in [-0.3, -0.25) is 0 Å². The van der Waals surface area contributed by atoms with Gasteiger partial charge in [0.15, 0.2) is 0 Å². The van der Waals surface area contributed by atoms with Gasteiger partial charge in [-0.1, -0.05) is 0 Å². The van der Waals surface area contributed by atoms with Crippen LogP contribution >= 0.6 is 31.4 Å². The molecule has 0 aliphatic carbocycles. The molecule has 0 atom stereocenters. The van der Waals surface area contributed by atoms with Gasteiger partial charge in [-0.15, -0.1) is 0 Å². The topological polar surface area (TPSA) is 47.8 Å². The molecule has 2 heterocycles. The fourth-order valence-corrected chi connectivity index (χ4v) is 9.61. The number of alkyl halides is 1. The zero-order valence-corrected chi connectivity index (χ0v) is 24.4. The molecule has 4 nitrogen and oxygen atoms in total. The Morgan fingerprint density at radius 2 is 1.40 bits per heavy atom. The first-order valence-corrected chi connectivity index (χ1v) is 16.9. The molecule has 4 aromatic carbocycles. The van der Waals surface area contributed by atoms with E-state index in [1.54, 1.807) is 12.4 Å². The number of benzene rings is 4. The third-order valence-electron chi connectivity index (χ3n) is 6.50. The molecule has 0 radical (unpaired) electrons. The molecule has 196 valence electrons. The van der Waals surface area contributed by atoms with Crippen molar-refractivity contribution in [3.63, 3.8) is 0 Å². The first kappa shape index (κ1) is 26.2. The van der Waals surface area contributed by atoms with E-state index in [4.69, 9.17) is 16.7 Å². The van der Waals surface area contributed by atoms with Gasteiger partial charge in [0.2, 0.25) is 0 Å². The average Bonchev–Trinajstić information content (AvgIpc) is 3.46. The van der Waals surface area contributed by atoms with E-state index in [2.05, 4.69) is 53.5 Å². The monoisotopic (exact) mass is 653 g/mol. The van der Waals surface area contributed by atoms with Gasteiger partial charge in [-0.2, -0.15) is 0 Å². The maximum absolute atomic E-state index is 14.5. The summed E-state index contributed by atoms with van der Waals surface area (Å²) in [6.07, 6.45) is 3.48. The molecule has 6 aromatic rings. The standard InChI is InChI=1S/C34H25ClIN3O/c35-29-14-9-15-30(22-29)39-33(28-19-17-27(18-20-28)26-12-5-2-6-13-26)31(24-38-39)34(40)36(32-16-7-8-21-37-32)23-25-10-3-1-4-11-25/h1-22,24H,23H2. The summed E-state index contributed by atoms with van der Waals surface area (Å²) in [6.45, 7) is 0. The van der Waals surface area contributed by atoms with E-state index < -0.39 is 19.8 Å². The Labute approximate surface area is 245 Å². The molecule has 0 unspecified atom stereocenters. The molecule has 0 spiro atoms. The molecule has 0 aliphatic rings. The van der Waals surface area contributed by atoms with Crippen molar-refractivity contribution in [3.8, 4) is 28.1 Å². The fourth-order valence-electron chi connectivity index (χ4n) is 4.56. The Morgan fingerprint density at radius 3 is 2.10 bits per heavy atom. The molecular weight excluding hydrogens is 629 g/mol. The molecule has 0 N–H and O–H groups in total. The van der Waals surface area contributed by atoms with Gasteiger partial charge in [0.05, 0.1) is 0 Å². The molecule has 0 bridgehead atoms. The van der Waals surface area contributed by atoms with Crippen LogP contribution in [0.5, 0.6) is 0 Å². The number of carbonyl (C=O) groups excluding carboxylic acids is 1. The van der Waals surface area contributed by atoms with E-state index >= 15 is 0 Å². The molecule has 2 aromatic heterocycles. The van der Waals surface area contributed by atoms with Crippen molar-refractivity contribution in [1.82, 2.24) is 14.8 Å². The van der Waals surface area contributed by atoms with Gasteiger partial charge < -0.3 is 0 Å². The summed E-state index contributed by atoms with van der Waals surface area (Å²) in [6, 6.07) is 42.1. The summed E-state index contributed by atoms with van der Waals surface area (Å²) in [5.74, 6) is 0. The van der Waals surface area contributed by atoms with Crippen molar-refractivity contribution in [2.24, 2.45) is 0 Å². The summed E-state index contributed by atoms with van der Waals surface area (Å²) >= 11 is 3.86. The maximum atomic E-state index is 14.5. The minimum atomic E-state index is -2.50. The van der Waals surface area contributed by atoms with E-state index in [-0.39, 0.29) is 3.79 Å². The second-order valence-electron chi connectivity index (χ2n) is 9.15. The Kier molecular flexibility index (Phi) is 7.84. The Balaban J connectivity index is 1.47. The zero-order chi connectivity index (χ0) is 27.3. The third-order valence-corrected chi connectivity index (χ3v) is 12.1. The van der Waals surface area contributed by atoms with E-state index in [1.807, 2.05) is 83.5 Å². The number of hydrogen-bond donors (Lipinski definition) is 0.